The Labute approximate surface area is 184 Å². The molecule has 3 aromatic rings. The molecule has 0 spiro atoms. The fourth-order valence-corrected chi connectivity index (χ4v) is 3.87. The Morgan fingerprint density at radius 3 is 2.90 bits per heavy atom. The molecule has 4 atom stereocenters. The van der Waals surface area contributed by atoms with E-state index in [0.29, 0.717) is 23.5 Å². The smallest absolute Gasteiger partial charge is 0.275 e. The molecule has 1 aromatic carbocycles. The largest absolute Gasteiger partial charge is 0.387 e. The number of hydrogen-bond donors (Lipinski definition) is 4. The average Bonchev–Trinajstić information content (AvgIpc) is 3.28. The van der Waals surface area contributed by atoms with E-state index in [0.717, 1.165) is 9.13 Å². The van der Waals surface area contributed by atoms with E-state index in [-0.39, 0.29) is 0 Å². The molecule has 0 aliphatic carbocycles. The lowest BCUT2D eigenvalue weighted by atomic mass is 10.1. The molecule has 11 nitrogen and oxygen atoms in total. The summed E-state index contributed by atoms with van der Waals surface area (Å²) in [6, 6.07) is 8.04. The highest BCUT2D eigenvalue weighted by Crippen LogP contribution is 2.32. The molecule has 30 heavy (non-hydrogen) atoms. The number of benzene rings is 1. The maximum Gasteiger partial charge on any atom is 0.275 e. The van der Waals surface area contributed by atoms with Crippen LogP contribution < -0.4 is 10.8 Å². The summed E-state index contributed by atoms with van der Waals surface area (Å²) >= 11 is 2.25. The summed E-state index contributed by atoms with van der Waals surface area (Å²) in [6.07, 6.45) is -2.38. The third-order valence-corrected chi connectivity index (χ3v) is 5.35. The molecule has 3 heterocycles. The number of imidazole rings is 1. The number of aromatic nitrogens is 4. The summed E-state index contributed by atoms with van der Waals surface area (Å²) in [5.41, 5.74) is 4.03. The molecule has 1 aliphatic rings. The second kappa shape index (κ2) is 8.77. The van der Waals surface area contributed by atoms with Crippen molar-refractivity contribution in [2.75, 3.05) is 12.4 Å². The van der Waals surface area contributed by atoms with Crippen LogP contribution in [0, 0.1) is 3.57 Å². The van der Waals surface area contributed by atoms with Gasteiger partial charge >= 0.3 is 0 Å². The van der Waals surface area contributed by atoms with Crippen molar-refractivity contribution >= 4 is 45.5 Å². The Morgan fingerprint density at radius 1 is 1.30 bits per heavy atom. The molecule has 0 radical (unpaired) electrons. The number of rotatable bonds is 6. The minimum Gasteiger partial charge on any atom is -0.387 e. The van der Waals surface area contributed by atoms with Crippen LogP contribution in [0.3, 0.4) is 0 Å². The Hall–Kier alpha value is -2.39. The number of carbonyl (C=O) groups is 1. The van der Waals surface area contributed by atoms with E-state index >= 15 is 0 Å². The van der Waals surface area contributed by atoms with Crippen LogP contribution >= 0.6 is 22.6 Å². The Kier molecular flexibility index (Phi) is 6.10. The van der Waals surface area contributed by atoms with Gasteiger partial charge < -0.3 is 20.3 Å². The highest BCUT2D eigenvalue weighted by atomic mass is 127. The normalized spacial score (nSPS) is 23.6. The number of nitrogens with zero attached hydrogens (tertiary/aromatic N) is 4. The summed E-state index contributed by atoms with van der Waals surface area (Å²) in [5, 5.41) is 23.9. The summed E-state index contributed by atoms with van der Waals surface area (Å²) < 4.78 is 8.17. The highest BCUT2D eigenvalue weighted by molar-refractivity contribution is 14.1. The first-order chi connectivity index (χ1) is 14.5. The fraction of sp³-hybridized carbons (Fsp3) is 0.333. The van der Waals surface area contributed by atoms with E-state index in [2.05, 4.69) is 59.2 Å². The molecule has 158 valence electrons. The molecule has 0 unspecified atom stereocenters. The van der Waals surface area contributed by atoms with Crippen molar-refractivity contribution < 1.29 is 24.6 Å². The lowest BCUT2D eigenvalue weighted by Gasteiger charge is -2.16. The third-order valence-electron chi connectivity index (χ3n) is 4.68. The second-order valence-corrected chi connectivity index (χ2v) is 7.87. The Morgan fingerprint density at radius 2 is 2.13 bits per heavy atom. The highest BCUT2D eigenvalue weighted by Gasteiger charge is 2.48. The van der Waals surface area contributed by atoms with Crippen LogP contribution in [0.5, 0.6) is 0 Å². The van der Waals surface area contributed by atoms with Crippen molar-refractivity contribution in [3.8, 4) is 0 Å². The van der Waals surface area contributed by atoms with Crippen LogP contribution in [-0.4, -0.2) is 61.1 Å². The quantitative estimate of drug-likeness (QED) is 0.264. The number of halogens is 1. The number of fused-ring (bicyclic) bond motifs is 1. The van der Waals surface area contributed by atoms with Crippen molar-refractivity contribution in [1.82, 2.24) is 25.0 Å². The van der Waals surface area contributed by atoms with E-state index in [1.165, 1.54) is 24.3 Å². The minimum absolute atomic E-state index is 0.388. The standard InChI is InChI=1S/C18H19IN6O5/c1-29-24-17(28)14-12(26)13(27)18(30-14)25-8-23-11-15(21-7-22-16(11)25)20-6-9-3-2-4-10(19)5-9/h2-5,7-8,12-14,18,26-27H,6H2,1H3,(H,24,28)(H,20,21,22)/t12-,13+,14-,18+/m0/s1. The van der Waals surface area contributed by atoms with Crippen molar-refractivity contribution in [3.05, 3.63) is 46.1 Å². The molecule has 1 amide bonds. The molecule has 0 saturated carbocycles. The van der Waals surface area contributed by atoms with Crippen molar-refractivity contribution in [1.29, 1.82) is 0 Å². The van der Waals surface area contributed by atoms with Crippen LogP contribution in [0.4, 0.5) is 5.82 Å². The first-order valence-electron chi connectivity index (χ1n) is 9.00. The van der Waals surface area contributed by atoms with Gasteiger partial charge in [-0.25, -0.2) is 20.4 Å². The van der Waals surface area contributed by atoms with Gasteiger partial charge in [0.15, 0.2) is 29.3 Å². The van der Waals surface area contributed by atoms with Gasteiger partial charge in [0.25, 0.3) is 5.91 Å². The first kappa shape index (κ1) is 20.9. The Balaban J connectivity index is 1.58. The number of carbonyl (C=O) groups excluding carboxylic acids is 1. The summed E-state index contributed by atoms with van der Waals surface area (Å²) in [5.74, 6) is -0.190. The lowest BCUT2D eigenvalue weighted by molar-refractivity contribution is -0.148. The van der Waals surface area contributed by atoms with Gasteiger partial charge in [-0.1, -0.05) is 12.1 Å². The van der Waals surface area contributed by atoms with E-state index in [4.69, 9.17) is 4.74 Å². The van der Waals surface area contributed by atoms with Gasteiger partial charge in [0.2, 0.25) is 0 Å². The van der Waals surface area contributed by atoms with Gasteiger partial charge in [0.05, 0.1) is 13.4 Å². The number of aliphatic hydroxyl groups excluding tert-OH is 2. The molecular formula is C18H19IN6O5. The zero-order valence-electron chi connectivity index (χ0n) is 15.8. The number of amides is 1. The van der Waals surface area contributed by atoms with Crippen LogP contribution in [0.2, 0.25) is 0 Å². The van der Waals surface area contributed by atoms with E-state index in [9.17, 15) is 15.0 Å². The van der Waals surface area contributed by atoms with Gasteiger partial charge in [0.1, 0.15) is 18.5 Å². The first-order valence-corrected chi connectivity index (χ1v) is 10.1. The SMILES string of the molecule is CONC(=O)[C@H]1O[C@@H](n2cnc3c(NCc4cccc(I)c4)ncnc32)[C@H](O)[C@@H]1O. The van der Waals surface area contributed by atoms with Gasteiger partial charge in [-0.3, -0.25) is 14.2 Å². The number of anilines is 1. The van der Waals surface area contributed by atoms with Gasteiger partial charge in [-0.2, -0.15) is 0 Å². The predicted molar refractivity (Wildman–Crippen MR) is 113 cm³/mol. The van der Waals surface area contributed by atoms with Crippen LogP contribution in [-0.2, 0) is 20.9 Å². The average molecular weight is 526 g/mol. The summed E-state index contributed by atoms with van der Waals surface area (Å²) in [7, 11) is 1.26. The molecule has 2 aromatic heterocycles. The maximum atomic E-state index is 12.0. The number of hydroxylamine groups is 1. The number of nitrogens with one attached hydrogen (secondary N) is 2. The Bertz CT molecular complexity index is 1060. The molecule has 4 rings (SSSR count). The summed E-state index contributed by atoms with van der Waals surface area (Å²) in [6.45, 7) is 0.538. The monoisotopic (exact) mass is 526 g/mol. The fourth-order valence-electron chi connectivity index (χ4n) is 3.26. The predicted octanol–water partition coefficient (Wildman–Crippen LogP) is 0.340. The van der Waals surface area contributed by atoms with E-state index < -0.39 is 30.4 Å². The number of ether oxygens (including phenoxy) is 1. The molecule has 4 N–H and O–H groups in total. The molecule has 1 fully saturated rings. The van der Waals surface area contributed by atoms with Gasteiger partial charge in [-0.05, 0) is 40.3 Å². The minimum atomic E-state index is -1.44. The van der Waals surface area contributed by atoms with Crippen molar-refractivity contribution in [3.63, 3.8) is 0 Å². The third kappa shape index (κ3) is 3.96. The molecule has 1 aliphatic heterocycles. The number of aliphatic hydroxyl groups is 2. The molecular weight excluding hydrogens is 507 g/mol. The topological polar surface area (TPSA) is 144 Å². The molecule has 0 bridgehead atoms. The van der Waals surface area contributed by atoms with Crippen LogP contribution in [0.1, 0.15) is 11.8 Å². The van der Waals surface area contributed by atoms with E-state index in [1.807, 2.05) is 18.2 Å². The van der Waals surface area contributed by atoms with Crippen LogP contribution in [0.15, 0.2) is 36.9 Å². The van der Waals surface area contributed by atoms with Gasteiger partial charge in [-0.15, -0.1) is 0 Å². The van der Waals surface area contributed by atoms with Crippen molar-refractivity contribution in [2.45, 2.75) is 31.1 Å². The zero-order chi connectivity index (χ0) is 21.3. The van der Waals surface area contributed by atoms with E-state index in [1.54, 1.807) is 0 Å². The van der Waals surface area contributed by atoms with Gasteiger partial charge in [0, 0.05) is 10.1 Å². The molecule has 1 saturated heterocycles. The van der Waals surface area contributed by atoms with Crippen molar-refractivity contribution in [2.24, 2.45) is 0 Å². The second-order valence-electron chi connectivity index (χ2n) is 6.63. The van der Waals surface area contributed by atoms with Crippen LogP contribution in [0.25, 0.3) is 11.2 Å². The zero-order valence-corrected chi connectivity index (χ0v) is 17.9. The summed E-state index contributed by atoms with van der Waals surface area (Å²) in [4.78, 5) is 29.4. The maximum absolute atomic E-state index is 12.0. The number of hydrogen-bond acceptors (Lipinski definition) is 9. The molecule has 12 heteroatoms. The lowest BCUT2D eigenvalue weighted by Crippen LogP contribution is -2.42.